The highest BCUT2D eigenvalue weighted by Crippen LogP contribution is 2.55. The second kappa shape index (κ2) is 6.59. The molecule has 5 aliphatic rings. The van der Waals surface area contributed by atoms with Gasteiger partial charge in [-0.1, -0.05) is 26.7 Å². The van der Waals surface area contributed by atoms with Gasteiger partial charge in [0.1, 0.15) is 6.10 Å². The van der Waals surface area contributed by atoms with Gasteiger partial charge in [-0.25, -0.2) is 0 Å². The van der Waals surface area contributed by atoms with Crippen molar-refractivity contribution in [1.29, 1.82) is 0 Å². The average molecular weight is 348 g/mol. The molecule has 4 heteroatoms. The molecule has 4 bridgehead atoms. The topological polar surface area (TPSA) is 63.6 Å². The van der Waals surface area contributed by atoms with Crippen LogP contribution in [0.15, 0.2) is 0 Å². The Kier molecular flexibility index (Phi) is 4.57. The SMILES string of the molecule is CCC1CC(CC)C(C(=O)OC2C3CC4CC(C3)CC2C4)C1C(=O)O. The van der Waals surface area contributed by atoms with Crippen LogP contribution in [0.1, 0.15) is 65.2 Å². The van der Waals surface area contributed by atoms with Gasteiger partial charge in [0.05, 0.1) is 11.8 Å². The van der Waals surface area contributed by atoms with E-state index >= 15 is 0 Å². The zero-order valence-corrected chi connectivity index (χ0v) is 15.5. The molecule has 4 nitrogen and oxygen atoms in total. The largest absolute Gasteiger partial charge is 0.481 e. The normalized spacial score (nSPS) is 47.8. The van der Waals surface area contributed by atoms with Crippen LogP contribution in [-0.4, -0.2) is 23.1 Å². The average Bonchev–Trinajstić information content (AvgIpc) is 2.96. The molecule has 0 aromatic carbocycles. The first-order valence-electron chi connectivity index (χ1n) is 10.4. The van der Waals surface area contributed by atoms with E-state index in [1.54, 1.807) is 0 Å². The number of ether oxygens (including phenoxy) is 1. The second-order valence-corrected chi connectivity index (χ2v) is 9.29. The predicted octanol–water partition coefficient (Wildman–Crippen LogP) is 4.13. The highest BCUT2D eigenvalue weighted by Gasteiger charge is 2.53. The van der Waals surface area contributed by atoms with Crippen molar-refractivity contribution in [1.82, 2.24) is 0 Å². The zero-order chi connectivity index (χ0) is 17.7. The summed E-state index contributed by atoms with van der Waals surface area (Å²) < 4.78 is 6.11. The molecule has 0 heterocycles. The smallest absolute Gasteiger partial charge is 0.310 e. The van der Waals surface area contributed by atoms with Crippen molar-refractivity contribution in [3.05, 3.63) is 0 Å². The van der Waals surface area contributed by atoms with Crippen LogP contribution in [-0.2, 0) is 14.3 Å². The first-order chi connectivity index (χ1) is 12.0. The van der Waals surface area contributed by atoms with E-state index in [2.05, 4.69) is 6.92 Å². The molecule has 0 radical (unpaired) electrons. The quantitative estimate of drug-likeness (QED) is 0.759. The lowest BCUT2D eigenvalue weighted by Crippen LogP contribution is -2.51. The van der Waals surface area contributed by atoms with Crippen LogP contribution >= 0.6 is 0 Å². The Hall–Kier alpha value is -1.06. The summed E-state index contributed by atoms with van der Waals surface area (Å²) >= 11 is 0. The van der Waals surface area contributed by atoms with Crippen molar-refractivity contribution in [3.63, 3.8) is 0 Å². The lowest BCUT2D eigenvalue weighted by atomic mass is 9.55. The third kappa shape index (κ3) is 2.90. The van der Waals surface area contributed by atoms with Gasteiger partial charge in [-0.15, -0.1) is 0 Å². The summed E-state index contributed by atoms with van der Waals surface area (Å²) in [7, 11) is 0. The monoisotopic (exact) mass is 348 g/mol. The number of rotatable bonds is 5. The molecule has 0 aliphatic heterocycles. The minimum absolute atomic E-state index is 0.0629. The van der Waals surface area contributed by atoms with Crippen molar-refractivity contribution in [2.24, 2.45) is 47.3 Å². The summed E-state index contributed by atoms with van der Waals surface area (Å²) in [5.74, 6) is 1.03. The first kappa shape index (κ1) is 17.4. The van der Waals surface area contributed by atoms with Crippen LogP contribution < -0.4 is 0 Å². The van der Waals surface area contributed by atoms with Crippen LogP contribution in [0.5, 0.6) is 0 Å². The van der Waals surface area contributed by atoms with Gasteiger partial charge in [0.25, 0.3) is 0 Å². The zero-order valence-electron chi connectivity index (χ0n) is 15.5. The van der Waals surface area contributed by atoms with E-state index in [4.69, 9.17) is 4.74 Å². The van der Waals surface area contributed by atoms with Crippen molar-refractivity contribution in [2.45, 2.75) is 71.3 Å². The summed E-state index contributed by atoms with van der Waals surface area (Å²) in [5, 5.41) is 9.75. The van der Waals surface area contributed by atoms with Gasteiger partial charge in [-0.3, -0.25) is 9.59 Å². The first-order valence-corrected chi connectivity index (χ1v) is 10.4. The fraction of sp³-hybridized carbons (Fsp3) is 0.905. The van der Waals surface area contributed by atoms with Crippen molar-refractivity contribution in [2.75, 3.05) is 0 Å². The third-order valence-corrected chi connectivity index (χ3v) is 8.01. The van der Waals surface area contributed by atoms with Gasteiger partial charge in [0.15, 0.2) is 0 Å². The Balaban J connectivity index is 1.50. The molecule has 140 valence electrons. The van der Waals surface area contributed by atoms with E-state index in [1.165, 1.54) is 32.1 Å². The third-order valence-electron chi connectivity index (χ3n) is 8.01. The van der Waals surface area contributed by atoms with E-state index < -0.39 is 17.8 Å². The number of carbonyl (C=O) groups is 2. The number of aliphatic carboxylic acids is 1. The van der Waals surface area contributed by atoms with Crippen LogP contribution in [0.3, 0.4) is 0 Å². The van der Waals surface area contributed by atoms with Gasteiger partial charge in [0.2, 0.25) is 0 Å². The van der Waals surface area contributed by atoms with Crippen molar-refractivity contribution < 1.29 is 19.4 Å². The number of carbonyl (C=O) groups excluding carboxylic acids is 1. The maximum atomic E-state index is 13.1. The molecule has 5 aliphatic carbocycles. The summed E-state index contributed by atoms with van der Waals surface area (Å²) in [4.78, 5) is 25.0. The molecular formula is C21H32O4. The highest BCUT2D eigenvalue weighted by atomic mass is 16.5. The summed E-state index contributed by atoms with van der Waals surface area (Å²) in [6.07, 6.45) is 8.85. The molecule has 0 aromatic rings. The Morgan fingerprint density at radius 3 is 1.84 bits per heavy atom. The molecule has 4 atom stereocenters. The standard InChI is InChI=1S/C21H32O4/c1-3-13-10-14(4-2)18(17(13)20(22)23)21(24)25-19-15-6-11-5-12(8-15)9-16(19)7-11/h11-19H,3-10H2,1-2H3,(H,22,23). The van der Waals surface area contributed by atoms with E-state index in [1.807, 2.05) is 6.92 Å². The molecule has 5 fully saturated rings. The molecule has 0 aromatic heterocycles. The van der Waals surface area contributed by atoms with Gasteiger partial charge in [0, 0.05) is 0 Å². The molecular weight excluding hydrogens is 316 g/mol. The van der Waals surface area contributed by atoms with Gasteiger partial charge >= 0.3 is 11.9 Å². The van der Waals surface area contributed by atoms with Crippen molar-refractivity contribution >= 4 is 11.9 Å². The van der Waals surface area contributed by atoms with Gasteiger partial charge in [-0.05, 0) is 74.0 Å². The van der Waals surface area contributed by atoms with E-state index in [0.717, 1.165) is 31.1 Å². The lowest BCUT2D eigenvalue weighted by molar-refractivity contribution is -0.180. The molecule has 5 saturated carbocycles. The molecule has 5 rings (SSSR count). The fourth-order valence-electron chi connectivity index (χ4n) is 7.08. The molecule has 1 N–H and O–H groups in total. The van der Waals surface area contributed by atoms with Crippen LogP contribution in [0.4, 0.5) is 0 Å². The Morgan fingerprint density at radius 2 is 1.36 bits per heavy atom. The summed E-state index contributed by atoms with van der Waals surface area (Å²) in [6, 6.07) is 0. The number of hydrogen-bond donors (Lipinski definition) is 1. The van der Waals surface area contributed by atoms with Crippen LogP contribution in [0.25, 0.3) is 0 Å². The van der Waals surface area contributed by atoms with E-state index in [9.17, 15) is 14.7 Å². The summed E-state index contributed by atoms with van der Waals surface area (Å²) in [6.45, 7) is 4.11. The number of hydrogen-bond acceptors (Lipinski definition) is 3. The molecule has 0 saturated heterocycles. The lowest BCUT2D eigenvalue weighted by Gasteiger charge is -2.53. The summed E-state index contributed by atoms with van der Waals surface area (Å²) in [5.41, 5.74) is 0. The van der Waals surface area contributed by atoms with Crippen LogP contribution in [0.2, 0.25) is 0 Å². The Bertz CT molecular complexity index is 514. The minimum Gasteiger partial charge on any atom is -0.481 e. The maximum Gasteiger partial charge on any atom is 0.310 e. The number of carboxylic acid groups (broad SMARTS) is 1. The van der Waals surface area contributed by atoms with Gasteiger partial charge < -0.3 is 9.84 Å². The molecule has 25 heavy (non-hydrogen) atoms. The number of carboxylic acids is 1. The Labute approximate surface area is 150 Å². The van der Waals surface area contributed by atoms with Crippen LogP contribution in [0, 0.1) is 47.3 Å². The molecule has 0 amide bonds. The van der Waals surface area contributed by atoms with Crippen molar-refractivity contribution in [3.8, 4) is 0 Å². The Morgan fingerprint density at radius 1 is 0.840 bits per heavy atom. The maximum absolute atomic E-state index is 13.1. The minimum atomic E-state index is -0.810. The highest BCUT2D eigenvalue weighted by molar-refractivity contribution is 5.82. The van der Waals surface area contributed by atoms with Gasteiger partial charge in [-0.2, -0.15) is 0 Å². The second-order valence-electron chi connectivity index (χ2n) is 9.29. The van der Waals surface area contributed by atoms with E-state index in [0.29, 0.717) is 11.8 Å². The molecule has 0 spiro atoms. The fourth-order valence-corrected chi connectivity index (χ4v) is 7.08. The van der Waals surface area contributed by atoms with E-state index in [-0.39, 0.29) is 23.9 Å². The predicted molar refractivity (Wildman–Crippen MR) is 93.7 cm³/mol. The molecule has 4 unspecified atom stereocenters. The number of esters is 1.